The molecular formula is C17H22FNO3. The Morgan fingerprint density at radius 1 is 1.18 bits per heavy atom. The maximum absolute atomic E-state index is 12.9. The second kappa shape index (κ2) is 7.92. The normalized spacial score (nSPS) is 18.2. The molecule has 120 valence electrons. The van der Waals surface area contributed by atoms with Gasteiger partial charge in [-0.1, -0.05) is 12.1 Å². The van der Waals surface area contributed by atoms with Gasteiger partial charge >= 0.3 is 5.97 Å². The Morgan fingerprint density at radius 3 is 2.59 bits per heavy atom. The first-order chi connectivity index (χ1) is 10.6. The van der Waals surface area contributed by atoms with Crippen molar-refractivity contribution in [2.75, 3.05) is 6.54 Å². The van der Waals surface area contributed by atoms with E-state index in [1.165, 1.54) is 12.1 Å². The van der Waals surface area contributed by atoms with Crippen molar-refractivity contribution >= 4 is 11.9 Å². The van der Waals surface area contributed by atoms with Crippen LogP contribution in [0.25, 0.3) is 0 Å². The maximum Gasteiger partial charge on any atom is 0.303 e. The van der Waals surface area contributed by atoms with E-state index in [9.17, 15) is 14.0 Å². The fourth-order valence-corrected chi connectivity index (χ4v) is 2.97. The number of rotatable bonds is 6. The molecule has 0 radical (unpaired) electrons. The number of aryl methyl sites for hydroxylation is 1. The number of piperidine rings is 1. The summed E-state index contributed by atoms with van der Waals surface area (Å²) in [6.45, 7) is 0.715. The van der Waals surface area contributed by atoms with Crippen LogP contribution in [0.15, 0.2) is 24.3 Å². The van der Waals surface area contributed by atoms with Gasteiger partial charge < -0.3 is 10.0 Å². The molecule has 2 rings (SSSR count). The number of amides is 1. The van der Waals surface area contributed by atoms with Gasteiger partial charge in [-0.05, 0) is 49.8 Å². The number of likely N-dealkylation sites (tertiary alicyclic amines) is 1. The molecule has 1 heterocycles. The Bertz CT molecular complexity index is 515. The third kappa shape index (κ3) is 4.83. The third-order valence-electron chi connectivity index (χ3n) is 4.18. The van der Waals surface area contributed by atoms with E-state index in [1.54, 1.807) is 12.1 Å². The molecule has 0 aliphatic carbocycles. The van der Waals surface area contributed by atoms with Crippen molar-refractivity contribution in [3.63, 3.8) is 0 Å². The van der Waals surface area contributed by atoms with Crippen molar-refractivity contribution in [1.82, 2.24) is 4.90 Å². The van der Waals surface area contributed by atoms with Gasteiger partial charge in [0.2, 0.25) is 5.91 Å². The molecule has 1 amide bonds. The van der Waals surface area contributed by atoms with E-state index in [0.717, 1.165) is 24.8 Å². The number of hydrogen-bond donors (Lipinski definition) is 1. The highest BCUT2D eigenvalue weighted by Gasteiger charge is 2.26. The van der Waals surface area contributed by atoms with E-state index in [-0.39, 0.29) is 24.2 Å². The van der Waals surface area contributed by atoms with Crippen molar-refractivity contribution < 1.29 is 19.1 Å². The van der Waals surface area contributed by atoms with E-state index in [1.807, 2.05) is 4.90 Å². The molecule has 1 saturated heterocycles. The van der Waals surface area contributed by atoms with E-state index in [2.05, 4.69) is 0 Å². The van der Waals surface area contributed by atoms with Crippen molar-refractivity contribution in [3.8, 4) is 0 Å². The summed E-state index contributed by atoms with van der Waals surface area (Å²) in [5.41, 5.74) is 0.939. The molecule has 1 aliphatic heterocycles. The molecule has 4 nitrogen and oxygen atoms in total. The second-order valence-corrected chi connectivity index (χ2v) is 5.80. The van der Waals surface area contributed by atoms with E-state index < -0.39 is 5.97 Å². The lowest BCUT2D eigenvalue weighted by atomic mass is 9.97. The minimum atomic E-state index is -0.815. The summed E-state index contributed by atoms with van der Waals surface area (Å²) in [6.07, 6.45) is 4.51. The monoisotopic (exact) mass is 307 g/mol. The zero-order chi connectivity index (χ0) is 15.9. The topological polar surface area (TPSA) is 57.6 Å². The largest absolute Gasteiger partial charge is 0.481 e. The highest BCUT2D eigenvalue weighted by atomic mass is 19.1. The molecule has 5 heteroatoms. The highest BCUT2D eigenvalue weighted by Crippen LogP contribution is 2.22. The van der Waals surface area contributed by atoms with E-state index >= 15 is 0 Å². The molecule has 22 heavy (non-hydrogen) atoms. The van der Waals surface area contributed by atoms with Crippen LogP contribution in [0.3, 0.4) is 0 Å². The zero-order valence-corrected chi connectivity index (χ0v) is 12.6. The summed E-state index contributed by atoms with van der Waals surface area (Å²) in [7, 11) is 0. The SMILES string of the molecule is O=C(O)CCC1CCCCN1C(=O)CCc1ccc(F)cc1. The van der Waals surface area contributed by atoms with Gasteiger partial charge in [0.05, 0.1) is 0 Å². The first-order valence-electron chi connectivity index (χ1n) is 7.82. The molecule has 1 fully saturated rings. The summed E-state index contributed by atoms with van der Waals surface area (Å²) in [5.74, 6) is -1.02. The number of carbonyl (C=O) groups is 2. The quantitative estimate of drug-likeness (QED) is 0.879. The smallest absolute Gasteiger partial charge is 0.303 e. The number of benzene rings is 1. The summed E-state index contributed by atoms with van der Waals surface area (Å²) < 4.78 is 12.9. The summed E-state index contributed by atoms with van der Waals surface area (Å²) >= 11 is 0. The average Bonchev–Trinajstić information content (AvgIpc) is 2.52. The number of carboxylic acids is 1. The first-order valence-corrected chi connectivity index (χ1v) is 7.82. The average molecular weight is 307 g/mol. The number of hydrogen-bond acceptors (Lipinski definition) is 2. The minimum Gasteiger partial charge on any atom is -0.481 e. The summed E-state index contributed by atoms with van der Waals surface area (Å²) in [6, 6.07) is 6.24. The van der Waals surface area contributed by atoms with Crippen molar-refractivity contribution in [3.05, 3.63) is 35.6 Å². The number of nitrogens with zero attached hydrogens (tertiary/aromatic N) is 1. The van der Waals surface area contributed by atoms with Gasteiger partial charge in [-0.25, -0.2) is 4.39 Å². The minimum absolute atomic E-state index is 0.0468. The first kappa shape index (κ1) is 16.5. The van der Waals surface area contributed by atoms with Crippen molar-refractivity contribution in [2.24, 2.45) is 0 Å². The Labute approximate surface area is 129 Å². The molecule has 0 aromatic heterocycles. The predicted octanol–water partition coefficient (Wildman–Crippen LogP) is 3.00. The lowest BCUT2D eigenvalue weighted by Gasteiger charge is -2.35. The van der Waals surface area contributed by atoms with Crippen LogP contribution in [0.2, 0.25) is 0 Å². The van der Waals surface area contributed by atoms with Crippen LogP contribution in [0, 0.1) is 5.82 Å². The summed E-state index contributed by atoms with van der Waals surface area (Å²) in [5, 5.41) is 8.81. The molecule has 1 aliphatic rings. The standard InChI is InChI=1S/C17H22FNO3/c18-14-7-4-13(5-8-14)6-10-16(20)19-12-2-1-3-15(19)9-11-17(21)22/h4-5,7-8,15H,1-3,6,9-12H2,(H,21,22). The van der Waals surface area contributed by atoms with Gasteiger partial charge in [-0.15, -0.1) is 0 Å². The molecule has 1 atom stereocenters. The van der Waals surface area contributed by atoms with Crippen LogP contribution >= 0.6 is 0 Å². The molecule has 1 unspecified atom stereocenters. The van der Waals surface area contributed by atoms with Crippen LogP contribution in [0.4, 0.5) is 4.39 Å². The Balaban J connectivity index is 1.88. The molecule has 0 bridgehead atoms. The van der Waals surface area contributed by atoms with E-state index in [4.69, 9.17) is 5.11 Å². The molecule has 0 spiro atoms. The maximum atomic E-state index is 12.9. The lowest BCUT2D eigenvalue weighted by Crippen LogP contribution is -2.44. The fraction of sp³-hybridized carbons (Fsp3) is 0.529. The zero-order valence-electron chi connectivity index (χ0n) is 12.6. The number of aliphatic carboxylic acids is 1. The van der Waals surface area contributed by atoms with Gasteiger partial charge in [0, 0.05) is 25.4 Å². The molecule has 1 N–H and O–H groups in total. The molecular weight excluding hydrogens is 285 g/mol. The molecule has 0 saturated carbocycles. The lowest BCUT2D eigenvalue weighted by molar-refractivity contribution is -0.140. The Morgan fingerprint density at radius 2 is 1.91 bits per heavy atom. The number of halogens is 1. The van der Waals surface area contributed by atoms with Crippen LogP contribution in [0.1, 0.15) is 44.1 Å². The molecule has 1 aromatic rings. The Kier molecular flexibility index (Phi) is 5.92. The predicted molar refractivity (Wildman–Crippen MR) is 80.9 cm³/mol. The van der Waals surface area contributed by atoms with E-state index in [0.29, 0.717) is 25.8 Å². The Hall–Kier alpha value is -1.91. The molecule has 1 aromatic carbocycles. The van der Waals surface area contributed by atoms with Gasteiger partial charge in [0.25, 0.3) is 0 Å². The number of carboxylic acid groups (broad SMARTS) is 1. The number of carbonyl (C=O) groups excluding carboxylic acids is 1. The van der Waals surface area contributed by atoms with Crippen LogP contribution in [0.5, 0.6) is 0 Å². The van der Waals surface area contributed by atoms with Crippen LogP contribution in [-0.4, -0.2) is 34.5 Å². The third-order valence-corrected chi connectivity index (χ3v) is 4.18. The van der Waals surface area contributed by atoms with Crippen molar-refractivity contribution in [2.45, 2.75) is 51.0 Å². The fourth-order valence-electron chi connectivity index (χ4n) is 2.97. The van der Waals surface area contributed by atoms with Crippen LogP contribution < -0.4 is 0 Å². The van der Waals surface area contributed by atoms with Gasteiger partial charge in [-0.2, -0.15) is 0 Å². The van der Waals surface area contributed by atoms with Gasteiger partial charge in [0.15, 0.2) is 0 Å². The van der Waals surface area contributed by atoms with Gasteiger partial charge in [0.1, 0.15) is 5.82 Å². The second-order valence-electron chi connectivity index (χ2n) is 5.80. The summed E-state index contributed by atoms with van der Waals surface area (Å²) in [4.78, 5) is 25.0. The van der Waals surface area contributed by atoms with Crippen molar-refractivity contribution in [1.29, 1.82) is 0 Å². The van der Waals surface area contributed by atoms with Gasteiger partial charge in [-0.3, -0.25) is 9.59 Å². The van der Waals surface area contributed by atoms with Crippen LogP contribution in [-0.2, 0) is 16.0 Å². The highest BCUT2D eigenvalue weighted by molar-refractivity contribution is 5.77.